The first-order valence-electron chi connectivity index (χ1n) is 12.6. The molecule has 1 atom stereocenters. The quantitative estimate of drug-likeness (QED) is 0.332. The minimum Gasteiger partial charge on any atom is -0.444 e. The van der Waals surface area contributed by atoms with Gasteiger partial charge in [-0.2, -0.15) is 0 Å². The van der Waals surface area contributed by atoms with E-state index in [0.29, 0.717) is 19.0 Å². The van der Waals surface area contributed by atoms with Gasteiger partial charge in [0.15, 0.2) is 0 Å². The van der Waals surface area contributed by atoms with Crippen LogP contribution in [0.3, 0.4) is 0 Å². The van der Waals surface area contributed by atoms with E-state index in [1.165, 1.54) is 16.7 Å². The van der Waals surface area contributed by atoms with Gasteiger partial charge in [-0.1, -0.05) is 32.4 Å². The number of piperazine rings is 1. The Bertz CT molecular complexity index is 785. The number of allylic oxidation sites excluding steroid dienone is 4. The molecule has 6 nitrogen and oxygen atoms in total. The zero-order chi connectivity index (χ0) is 24.6. The Kier molecular flexibility index (Phi) is 10.2. The molecular weight excluding hydrogens is 414 g/mol. The molecule has 6 heteroatoms. The van der Waals surface area contributed by atoms with Gasteiger partial charge in [-0.3, -0.25) is 0 Å². The van der Waals surface area contributed by atoms with Crippen LogP contribution in [0.5, 0.6) is 0 Å². The summed E-state index contributed by atoms with van der Waals surface area (Å²) in [5.41, 5.74) is 3.35. The van der Waals surface area contributed by atoms with E-state index in [2.05, 4.69) is 44.7 Å². The number of carbonyl (C=O) groups excluding carboxylic acids is 1. The lowest BCUT2D eigenvalue weighted by Gasteiger charge is -2.42. The Balaban J connectivity index is 2.46. The highest BCUT2D eigenvalue weighted by atomic mass is 16.6. The van der Waals surface area contributed by atoms with E-state index in [-0.39, 0.29) is 12.1 Å². The summed E-state index contributed by atoms with van der Waals surface area (Å²) in [6.07, 6.45) is 9.46. The molecule has 0 saturated carbocycles. The smallest absolute Gasteiger partial charge is 0.410 e. The van der Waals surface area contributed by atoms with E-state index in [0.717, 1.165) is 44.8 Å². The lowest BCUT2D eigenvalue weighted by atomic mass is 9.85. The molecule has 33 heavy (non-hydrogen) atoms. The molecular formula is C27H45N3O3. The van der Waals surface area contributed by atoms with Gasteiger partial charge in [0, 0.05) is 43.4 Å². The fourth-order valence-corrected chi connectivity index (χ4v) is 4.30. The highest BCUT2D eigenvalue weighted by molar-refractivity contribution is 5.68. The molecule has 1 unspecified atom stereocenters. The van der Waals surface area contributed by atoms with Crippen LogP contribution < -0.4 is 0 Å². The molecule has 2 fully saturated rings. The molecule has 0 aromatic heterocycles. The second-order valence-corrected chi connectivity index (χ2v) is 10.0. The molecule has 0 spiro atoms. The van der Waals surface area contributed by atoms with Crippen molar-refractivity contribution < 1.29 is 14.3 Å². The van der Waals surface area contributed by atoms with Crippen molar-refractivity contribution in [2.24, 2.45) is 10.9 Å². The van der Waals surface area contributed by atoms with Crippen LogP contribution in [-0.2, 0) is 9.47 Å². The van der Waals surface area contributed by atoms with Crippen LogP contribution in [0, 0.1) is 5.92 Å². The summed E-state index contributed by atoms with van der Waals surface area (Å²) in [6, 6.07) is 0.125. The summed E-state index contributed by atoms with van der Waals surface area (Å²) in [5.74, 6) is 1.41. The molecule has 1 amide bonds. The van der Waals surface area contributed by atoms with Crippen molar-refractivity contribution in [2.45, 2.75) is 86.3 Å². The molecule has 0 aliphatic carbocycles. The first-order chi connectivity index (χ1) is 15.6. The van der Waals surface area contributed by atoms with Crippen LogP contribution in [-0.4, -0.2) is 66.6 Å². The van der Waals surface area contributed by atoms with E-state index in [4.69, 9.17) is 14.5 Å². The first kappa shape index (κ1) is 27.2. The molecule has 2 saturated heterocycles. The summed E-state index contributed by atoms with van der Waals surface area (Å²) in [7, 11) is 0. The predicted molar refractivity (Wildman–Crippen MR) is 137 cm³/mol. The van der Waals surface area contributed by atoms with Crippen molar-refractivity contribution in [1.82, 2.24) is 9.80 Å². The number of ether oxygens (including phenoxy) is 2. The van der Waals surface area contributed by atoms with Gasteiger partial charge in [0.2, 0.25) is 0 Å². The van der Waals surface area contributed by atoms with Crippen LogP contribution in [0.15, 0.2) is 39.7 Å². The molecule has 0 aromatic carbocycles. The fraction of sp³-hybridized carbons (Fsp3) is 0.704. The third-order valence-corrected chi connectivity index (χ3v) is 5.95. The van der Waals surface area contributed by atoms with Crippen LogP contribution in [0.4, 0.5) is 4.79 Å². The molecule has 0 aromatic rings. The van der Waals surface area contributed by atoms with E-state index in [1.807, 2.05) is 38.8 Å². The number of hydrogen-bond acceptors (Lipinski definition) is 5. The van der Waals surface area contributed by atoms with E-state index in [9.17, 15) is 4.79 Å². The zero-order valence-electron chi connectivity index (χ0n) is 22.1. The summed E-state index contributed by atoms with van der Waals surface area (Å²) < 4.78 is 11.2. The van der Waals surface area contributed by atoms with Crippen molar-refractivity contribution in [2.75, 3.05) is 32.8 Å². The normalized spacial score (nSPS) is 21.9. The number of carbonyl (C=O) groups is 1. The number of aliphatic imine (C=N–C) groups is 1. The minimum absolute atomic E-state index is 0.125. The van der Waals surface area contributed by atoms with E-state index >= 15 is 0 Å². The topological polar surface area (TPSA) is 54.4 Å². The summed E-state index contributed by atoms with van der Waals surface area (Å²) in [6.45, 7) is 19.9. The highest BCUT2D eigenvalue weighted by Crippen LogP contribution is 2.36. The maximum absolute atomic E-state index is 12.7. The zero-order valence-corrected chi connectivity index (χ0v) is 22.1. The second-order valence-electron chi connectivity index (χ2n) is 10.0. The second kappa shape index (κ2) is 12.4. The molecule has 2 rings (SSSR count). The Morgan fingerprint density at radius 1 is 1.18 bits per heavy atom. The Labute approximate surface area is 201 Å². The number of rotatable bonds is 8. The monoisotopic (exact) mass is 459 g/mol. The lowest BCUT2D eigenvalue weighted by Crippen LogP contribution is -2.54. The molecule has 0 N–H and O–H groups in total. The van der Waals surface area contributed by atoms with Gasteiger partial charge < -0.3 is 19.3 Å². The van der Waals surface area contributed by atoms with Crippen molar-refractivity contribution in [3.63, 3.8) is 0 Å². The van der Waals surface area contributed by atoms with E-state index in [1.54, 1.807) is 0 Å². The van der Waals surface area contributed by atoms with Crippen molar-refractivity contribution in [3.8, 4) is 0 Å². The van der Waals surface area contributed by atoms with Gasteiger partial charge in [-0.15, -0.1) is 0 Å². The molecule has 2 aliphatic heterocycles. The van der Waals surface area contributed by atoms with Crippen LogP contribution >= 0.6 is 0 Å². The number of hydrogen-bond donors (Lipinski definition) is 0. The minimum atomic E-state index is -0.492. The summed E-state index contributed by atoms with van der Waals surface area (Å²) >= 11 is 0. The molecule has 0 bridgehead atoms. The Morgan fingerprint density at radius 3 is 2.36 bits per heavy atom. The Morgan fingerprint density at radius 2 is 1.88 bits per heavy atom. The predicted octanol–water partition coefficient (Wildman–Crippen LogP) is 5.96. The first-order valence-corrected chi connectivity index (χ1v) is 12.6. The van der Waals surface area contributed by atoms with Gasteiger partial charge in [-0.05, 0) is 65.5 Å². The maximum atomic E-state index is 12.7. The fourth-order valence-electron chi connectivity index (χ4n) is 4.30. The molecule has 2 aliphatic rings. The average Bonchev–Trinajstić information content (AvgIpc) is 2.69. The standard InChI is InChI=1S/C27H45N3O3/c1-9-12-14-23(22-18-32-19-22)24(20(4)13-10-2)25(28-11-3)30-16-15-29(17-21(30)5)26(31)33-27(6,7)8/h11,13-14,21-22H,9-10,12,15-19H2,1-8H3/b20-13+,23-14-,25-24-,28-11-. The number of amides is 1. The van der Waals surface area contributed by atoms with Gasteiger partial charge in [0.1, 0.15) is 11.4 Å². The summed E-state index contributed by atoms with van der Waals surface area (Å²) in [4.78, 5) is 21.8. The van der Waals surface area contributed by atoms with Gasteiger partial charge >= 0.3 is 6.09 Å². The molecule has 2 heterocycles. The number of nitrogens with zero attached hydrogens (tertiary/aromatic N) is 3. The molecule has 0 radical (unpaired) electrons. The largest absolute Gasteiger partial charge is 0.444 e. The molecule has 186 valence electrons. The van der Waals surface area contributed by atoms with Crippen molar-refractivity contribution >= 4 is 12.3 Å². The van der Waals surface area contributed by atoms with Gasteiger partial charge in [0.25, 0.3) is 0 Å². The van der Waals surface area contributed by atoms with Crippen molar-refractivity contribution in [3.05, 3.63) is 34.7 Å². The third-order valence-electron chi connectivity index (χ3n) is 5.95. The lowest BCUT2D eigenvalue weighted by molar-refractivity contribution is -0.0126. The Hall–Kier alpha value is -2.08. The van der Waals surface area contributed by atoms with Gasteiger partial charge in [0.05, 0.1) is 13.2 Å². The van der Waals surface area contributed by atoms with Crippen LogP contribution in [0.2, 0.25) is 0 Å². The van der Waals surface area contributed by atoms with Gasteiger partial charge in [-0.25, -0.2) is 9.79 Å². The average molecular weight is 460 g/mol. The van der Waals surface area contributed by atoms with Crippen LogP contribution in [0.25, 0.3) is 0 Å². The van der Waals surface area contributed by atoms with Crippen LogP contribution in [0.1, 0.15) is 74.7 Å². The SMILES string of the molecule is C\C=N/C(=C(C(=C\CCC)/C1COC1)\C(C)=C\CC)N1CCN(C(=O)OC(C)(C)C)CC1C. The number of unbranched alkanes of at least 4 members (excludes halogenated alkanes) is 1. The highest BCUT2D eigenvalue weighted by Gasteiger charge is 2.34. The van der Waals surface area contributed by atoms with E-state index < -0.39 is 5.60 Å². The summed E-state index contributed by atoms with van der Waals surface area (Å²) in [5, 5.41) is 0. The third kappa shape index (κ3) is 7.46. The maximum Gasteiger partial charge on any atom is 0.410 e. The van der Waals surface area contributed by atoms with Crippen molar-refractivity contribution in [1.29, 1.82) is 0 Å².